The second-order valence-corrected chi connectivity index (χ2v) is 2.75. The molecule has 0 amide bonds. The Morgan fingerprint density at radius 1 is 1.50 bits per heavy atom. The summed E-state index contributed by atoms with van der Waals surface area (Å²) in [6, 6.07) is 4.72. The summed E-state index contributed by atoms with van der Waals surface area (Å²) >= 11 is 0. The van der Waals surface area contributed by atoms with Crippen molar-refractivity contribution in [1.29, 1.82) is 0 Å². The van der Waals surface area contributed by atoms with E-state index in [0.717, 1.165) is 0 Å². The van der Waals surface area contributed by atoms with Gasteiger partial charge in [-0.3, -0.25) is 0 Å². The predicted molar refractivity (Wildman–Crippen MR) is 47.3 cm³/mol. The van der Waals surface area contributed by atoms with Gasteiger partial charge in [-0.1, -0.05) is 6.07 Å². The number of hydrogen-bond donors (Lipinski definition) is 3. The van der Waals surface area contributed by atoms with E-state index in [1.54, 1.807) is 25.1 Å². The molecule has 1 aromatic rings. The van der Waals surface area contributed by atoms with Gasteiger partial charge in [0.25, 0.3) is 0 Å². The largest absolute Gasteiger partial charge is 0.391 e. The van der Waals surface area contributed by atoms with Gasteiger partial charge in [-0.15, -0.1) is 0 Å². The van der Waals surface area contributed by atoms with Crippen LogP contribution in [0.3, 0.4) is 0 Å². The molecule has 0 saturated carbocycles. The summed E-state index contributed by atoms with van der Waals surface area (Å²) in [4.78, 5) is 3.99. The normalized spacial score (nSPS) is 15.6. The van der Waals surface area contributed by atoms with Crippen molar-refractivity contribution >= 4 is 5.82 Å². The molecule has 2 atom stereocenters. The first-order chi connectivity index (χ1) is 5.61. The molecule has 0 aliphatic carbocycles. The number of nitrogens with two attached hydrogens (primary N) is 2. The maximum Gasteiger partial charge on any atom is 0.123 e. The van der Waals surface area contributed by atoms with E-state index in [0.29, 0.717) is 11.5 Å². The van der Waals surface area contributed by atoms with E-state index in [4.69, 9.17) is 16.6 Å². The zero-order valence-electron chi connectivity index (χ0n) is 6.94. The molecule has 0 aliphatic heterocycles. The van der Waals surface area contributed by atoms with E-state index in [1.165, 1.54) is 0 Å². The first-order valence-electron chi connectivity index (χ1n) is 3.77. The molecular formula is C8H13N3O. The summed E-state index contributed by atoms with van der Waals surface area (Å²) in [5, 5.41) is 9.16. The number of hydrogen-bond acceptors (Lipinski definition) is 4. The summed E-state index contributed by atoms with van der Waals surface area (Å²) in [5.74, 6) is 0.420. The zero-order chi connectivity index (χ0) is 9.14. The molecule has 66 valence electrons. The van der Waals surface area contributed by atoms with Crippen LogP contribution in [0.25, 0.3) is 0 Å². The maximum absolute atomic E-state index is 9.16. The number of nitrogen functional groups attached to an aromatic ring is 1. The number of aliphatic hydroxyl groups excluding tert-OH is 1. The third-order valence-electron chi connectivity index (χ3n) is 1.65. The van der Waals surface area contributed by atoms with Crippen molar-refractivity contribution < 1.29 is 5.11 Å². The number of aliphatic hydroxyl groups is 1. The van der Waals surface area contributed by atoms with Gasteiger partial charge in [0, 0.05) is 0 Å². The second kappa shape index (κ2) is 3.51. The quantitative estimate of drug-likeness (QED) is 0.580. The molecule has 1 rings (SSSR count). The van der Waals surface area contributed by atoms with Gasteiger partial charge in [-0.25, -0.2) is 4.98 Å². The smallest absolute Gasteiger partial charge is 0.123 e. The van der Waals surface area contributed by atoms with Crippen LogP contribution in [0.2, 0.25) is 0 Å². The highest BCUT2D eigenvalue weighted by atomic mass is 16.3. The molecule has 0 radical (unpaired) electrons. The monoisotopic (exact) mass is 167 g/mol. The van der Waals surface area contributed by atoms with Crippen molar-refractivity contribution in [2.24, 2.45) is 5.73 Å². The average Bonchev–Trinajstić information content (AvgIpc) is 2.03. The molecule has 0 spiro atoms. The van der Waals surface area contributed by atoms with E-state index < -0.39 is 12.1 Å². The molecule has 12 heavy (non-hydrogen) atoms. The van der Waals surface area contributed by atoms with Gasteiger partial charge in [0.1, 0.15) is 5.82 Å². The van der Waals surface area contributed by atoms with Crippen molar-refractivity contribution in [2.45, 2.75) is 19.1 Å². The third kappa shape index (κ3) is 1.93. The molecule has 0 unspecified atom stereocenters. The highest BCUT2D eigenvalue weighted by Crippen LogP contribution is 2.12. The van der Waals surface area contributed by atoms with E-state index in [2.05, 4.69) is 4.98 Å². The fraction of sp³-hybridized carbons (Fsp3) is 0.375. The average molecular weight is 167 g/mol. The Morgan fingerprint density at radius 2 is 2.17 bits per heavy atom. The highest BCUT2D eigenvalue weighted by Gasteiger charge is 2.12. The minimum Gasteiger partial charge on any atom is -0.391 e. The summed E-state index contributed by atoms with van der Waals surface area (Å²) < 4.78 is 0. The fourth-order valence-electron chi connectivity index (χ4n) is 0.902. The molecule has 4 heteroatoms. The van der Waals surface area contributed by atoms with E-state index in [-0.39, 0.29) is 0 Å². The number of anilines is 1. The van der Waals surface area contributed by atoms with Gasteiger partial charge in [0.05, 0.1) is 17.8 Å². The lowest BCUT2D eigenvalue weighted by Crippen LogP contribution is -2.24. The molecule has 0 aromatic carbocycles. The third-order valence-corrected chi connectivity index (χ3v) is 1.65. The van der Waals surface area contributed by atoms with Crippen molar-refractivity contribution in [3.8, 4) is 0 Å². The molecule has 0 fully saturated rings. The fourth-order valence-corrected chi connectivity index (χ4v) is 0.902. The lowest BCUT2D eigenvalue weighted by atomic mass is 10.1. The first-order valence-corrected chi connectivity index (χ1v) is 3.77. The summed E-state index contributed by atoms with van der Waals surface area (Å²) in [6.45, 7) is 1.62. The molecule has 0 bridgehead atoms. The lowest BCUT2D eigenvalue weighted by molar-refractivity contribution is 0.162. The Morgan fingerprint density at radius 3 is 2.67 bits per heavy atom. The Balaban J connectivity index is 2.88. The minimum atomic E-state index is -0.612. The van der Waals surface area contributed by atoms with Crippen molar-refractivity contribution in [3.63, 3.8) is 0 Å². The van der Waals surface area contributed by atoms with Gasteiger partial charge in [-0.2, -0.15) is 0 Å². The van der Waals surface area contributed by atoms with Crippen LogP contribution in [-0.4, -0.2) is 16.2 Å². The highest BCUT2D eigenvalue weighted by molar-refractivity contribution is 5.29. The molecule has 0 aliphatic rings. The second-order valence-electron chi connectivity index (χ2n) is 2.75. The molecule has 1 aromatic heterocycles. The van der Waals surface area contributed by atoms with Gasteiger partial charge in [-0.05, 0) is 19.1 Å². The van der Waals surface area contributed by atoms with Crippen molar-refractivity contribution in [1.82, 2.24) is 4.98 Å². The molecule has 1 heterocycles. The summed E-state index contributed by atoms with van der Waals surface area (Å²) in [7, 11) is 0. The molecule has 0 saturated heterocycles. The van der Waals surface area contributed by atoms with Crippen LogP contribution in [0.4, 0.5) is 5.82 Å². The van der Waals surface area contributed by atoms with Crippen LogP contribution in [0.5, 0.6) is 0 Å². The number of aromatic nitrogens is 1. The Bertz CT molecular complexity index is 262. The number of nitrogens with zero attached hydrogens (tertiary/aromatic N) is 1. The van der Waals surface area contributed by atoms with Gasteiger partial charge in [0.2, 0.25) is 0 Å². The molecule has 5 N–H and O–H groups in total. The summed E-state index contributed by atoms with van der Waals surface area (Å²) in [6.07, 6.45) is -0.612. The first kappa shape index (κ1) is 8.96. The van der Waals surface area contributed by atoms with Crippen LogP contribution < -0.4 is 11.5 Å². The van der Waals surface area contributed by atoms with Crippen LogP contribution in [-0.2, 0) is 0 Å². The van der Waals surface area contributed by atoms with Crippen LogP contribution in [0, 0.1) is 0 Å². The van der Waals surface area contributed by atoms with Gasteiger partial charge in [0.15, 0.2) is 0 Å². The SMILES string of the molecule is C[C@@H](O)[C@@H](N)c1cccc(N)n1. The van der Waals surface area contributed by atoms with E-state index >= 15 is 0 Å². The number of rotatable bonds is 2. The Labute approximate surface area is 71.2 Å². The van der Waals surface area contributed by atoms with Crippen LogP contribution in [0.1, 0.15) is 18.7 Å². The predicted octanol–water partition coefficient (Wildman–Crippen LogP) is 0.0444. The van der Waals surface area contributed by atoms with Crippen LogP contribution >= 0.6 is 0 Å². The maximum atomic E-state index is 9.16. The lowest BCUT2D eigenvalue weighted by Gasteiger charge is -2.13. The van der Waals surface area contributed by atoms with Crippen LogP contribution in [0.15, 0.2) is 18.2 Å². The molecule has 4 nitrogen and oxygen atoms in total. The van der Waals surface area contributed by atoms with E-state index in [9.17, 15) is 0 Å². The van der Waals surface area contributed by atoms with Crippen molar-refractivity contribution in [2.75, 3.05) is 5.73 Å². The van der Waals surface area contributed by atoms with E-state index in [1.807, 2.05) is 0 Å². The number of pyridine rings is 1. The zero-order valence-corrected chi connectivity index (χ0v) is 6.94. The Hall–Kier alpha value is -1.13. The standard InChI is InChI=1S/C8H13N3O/c1-5(12)8(10)6-3-2-4-7(9)11-6/h2-5,8,12H,10H2,1H3,(H2,9,11)/t5-,8-/m1/s1. The minimum absolute atomic E-state index is 0.420. The topological polar surface area (TPSA) is 85.2 Å². The Kier molecular flexibility index (Phi) is 2.62. The van der Waals surface area contributed by atoms with Gasteiger partial charge < -0.3 is 16.6 Å². The van der Waals surface area contributed by atoms with Crippen molar-refractivity contribution in [3.05, 3.63) is 23.9 Å². The summed E-state index contributed by atoms with van der Waals surface area (Å²) in [5.41, 5.74) is 11.7. The molecular weight excluding hydrogens is 154 g/mol. The van der Waals surface area contributed by atoms with Gasteiger partial charge >= 0.3 is 0 Å².